The summed E-state index contributed by atoms with van der Waals surface area (Å²) in [4.78, 5) is 24.0. The second-order valence-electron chi connectivity index (χ2n) is 11.1. The second-order valence-corrected chi connectivity index (χ2v) is 11.1. The average molecular weight is 527 g/mol. The molecule has 0 fully saturated rings. The third-order valence-corrected chi connectivity index (χ3v) is 7.44. The Hall–Kier alpha value is -1.10. The molecule has 0 saturated heterocycles. The van der Waals surface area contributed by atoms with Gasteiger partial charge in [0.15, 0.2) is 6.10 Å². The SMILES string of the molecule is CCCCCCCCCCCC(=O)O[C@@H](CO)COC(=O)CCCCCCCCCCCCC(C)CC. The molecule has 5 heteroatoms. The normalized spacial score (nSPS) is 12.9. The van der Waals surface area contributed by atoms with E-state index in [1.165, 1.54) is 96.3 Å². The largest absolute Gasteiger partial charge is 0.462 e. The summed E-state index contributed by atoms with van der Waals surface area (Å²) in [6.45, 7) is 6.47. The average Bonchev–Trinajstić information content (AvgIpc) is 2.90. The van der Waals surface area contributed by atoms with Crippen LogP contribution in [-0.2, 0) is 19.1 Å². The van der Waals surface area contributed by atoms with E-state index in [0.717, 1.165) is 44.4 Å². The maximum Gasteiger partial charge on any atom is 0.306 e. The molecule has 0 aromatic carbocycles. The van der Waals surface area contributed by atoms with Gasteiger partial charge in [-0.1, -0.05) is 143 Å². The predicted octanol–water partition coefficient (Wildman–Crippen LogP) is 9.08. The van der Waals surface area contributed by atoms with E-state index >= 15 is 0 Å². The molecule has 0 rings (SSSR count). The molecule has 5 nitrogen and oxygen atoms in total. The van der Waals surface area contributed by atoms with Crippen LogP contribution in [0.15, 0.2) is 0 Å². The molecule has 0 saturated carbocycles. The summed E-state index contributed by atoms with van der Waals surface area (Å²) in [5.41, 5.74) is 0. The smallest absolute Gasteiger partial charge is 0.306 e. The zero-order valence-corrected chi connectivity index (χ0v) is 24.9. The van der Waals surface area contributed by atoms with E-state index in [1.54, 1.807) is 0 Å². The van der Waals surface area contributed by atoms with Gasteiger partial charge in [0.25, 0.3) is 0 Å². The fourth-order valence-electron chi connectivity index (χ4n) is 4.59. The van der Waals surface area contributed by atoms with Crippen molar-refractivity contribution in [1.82, 2.24) is 0 Å². The minimum Gasteiger partial charge on any atom is -0.462 e. The maximum atomic E-state index is 12.0. The predicted molar refractivity (Wildman–Crippen MR) is 155 cm³/mol. The fraction of sp³-hybridized carbons (Fsp3) is 0.938. The minimum atomic E-state index is -0.759. The van der Waals surface area contributed by atoms with Gasteiger partial charge >= 0.3 is 11.9 Å². The van der Waals surface area contributed by atoms with E-state index in [9.17, 15) is 14.7 Å². The van der Waals surface area contributed by atoms with Gasteiger partial charge in [0.05, 0.1) is 6.61 Å². The van der Waals surface area contributed by atoms with Crippen LogP contribution in [-0.4, -0.2) is 36.4 Å². The monoisotopic (exact) mass is 526 g/mol. The van der Waals surface area contributed by atoms with Gasteiger partial charge < -0.3 is 14.6 Å². The first kappa shape index (κ1) is 35.9. The molecule has 0 aromatic heterocycles. The number of ether oxygens (including phenoxy) is 2. The number of hydrogen-bond acceptors (Lipinski definition) is 5. The van der Waals surface area contributed by atoms with Gasteiger partial charge in [0.1, 0.15) is 6.61 Å². The molecule has 1 unspecified atom stereocenters. The number of carbonyl (C=O) groups excluding carboxylic acids is 2. The lowest BCUT2D eigenvalue weighted by Gasteiger charge is -2.15. The third-order valence-electron chi connectivity index (χ3n) is 7.44. The van der Waals surface area contributed by atoms with Crippen LogP contribution in [0, 0.1) is 5.92 Å². The van der Waals surface area contributed by atoms with E-state index < -0.39 is 6.10 Å². The number of carbonyl (C=O) groups is 2. The standard InChI is InChI=1S/C32H62O5/c1-4-6-7-8-9-12-17-20-23-26-32(35)37-30(27-33)28-36-31(34)25-22-19-16-14-11-10-13-15-18-21-24-29(3)5-2/h29-30,33H,4-28H2,1-3H3/t29?,30-/m0/s1. The molecule has 0 aliphatic rings. The Bertz CT molecular complexity index is 507. The zero-order chi connectivity index (χ0) is 27.4. The minimum absolute atomic E-state index is 0.0593. The second kappa shape index (κ2) is 27.9. The Labute approximate surface area is 229 Å². The number of unbranched alkanes of at least 4 members (excludes halogenated alkanes) is 17. The first-order valence-corrected chi connectivity index (χ1v) is 16.0. The van der Waals surface area contributed by atoms with Crippen LogP contribution >= 0.6 is 0 Å². The van der Waals surface area contributed by atoms with Crippen LogP contribution < -0.4 is 0 Å². The summed E-state index contributed by atoms with van der Waals surface area (Å²) in [5, 5.41) is 9.46. The first-order valence-electron chi connectivity index (χ1n) is 16.0. The van der Waals surface area contributed by atoms with Crippen molar-refractivity contribution in [2.45, 2.75) is 175 Å². The topological polar surface area (TPSA) is 72.8 Å². The number of rotatable bonds is 28. The lowest BCUT2D eigenvalue weighted by Crippen LogP contribution is -2.28. The lowest BCUT2D eigenvalue weighted by atomic mass is 9.99. The Morgan fingerprint density at radius 2 is 1.05 bits per heavy atom. The molecule has 0 radical (unpaired) electrons. The van der Waals surface area contributed by atoms with Crippen molar-refractivity contribution in [3.8, 4) is 0 Å². The number of hydrogen-bond donors (Lipinski definition) is 1. The van der Waals surface area contributed by atoms with Crippen molar-refractivity contribution in [2.24, 2.45) is 5.92 Å². The Balaban J connectivity index is 3.56. The van der Waals surface area contributed by atoms with Gasteiger partial charge in [-0.05, 0) is 18.8 Å². The Kier molecular flexibility index (Phi) is 27.1. The van der Waals surface area contributed by atoms with E-state index in [-0.39, 0.29) is 25.2 Å². The lowest BCUT2D eigenvalue weighted by molar-refractivity contribution is -0.161. The fourth-order valence-corrected chi connectivity index (χ4v) is 4.59. The molecule has 37 heavy (non-hydrogen) atoms. The van der Waals surface area contributed by atoms with E-state index in [1.807, 2.05) is 0 Å². The highest BCUT2D eigenvalue weighted by Crippen LogP contribution is 2.16. The molecular weight excluding hydrogens is 464 g/mol. The molecule has 0 heterocycles. The van der Waals surface area contributed by atoms with Crippen LogP contribution in [0.1, 0.15) is 168 Å². The highest BCUT2D eigenvalue weighted by Gasteiger charge is 2.16. The molecule has 0 spiro atoms. The molecule has 0 aliphatic heterocycles. The molecule has 2 atom stereocenters. The van der Waals surface area contributed by atoms with Gasteiger partial charge in [-0.25, -0.2) is 0 Å². The number of aliphatic hydroxyl groups excluding tert-OH is 1. The van der Waals surface area contributed by atoms with Gasteiger partial charge in [-0.2, -0.15) is 0 Å². The molecule has 0 bridgehead atoms. The number of aliphatic hydroxyl groups is 1. The van der Waals surface area contributed by atoms with Gasteiger partial charge in [-0.3, -0.25) is 9.59 Å². The Morgan fingerprint density at radius 1 is 0.622 bits per heavy atom. The molecule has 0 amide bonds. The van der Waals surface area contributed by atoms with Gasteiger partial charge in [-0.15, -0.1) is 0 Å². The van der Waals surface area contributed by atoms with Crippen molar-refractivity contribution in [3.05, 3.63) is 0 Å². The van der Waals surface area contributed by atoms with E-state index in [2.05, 4.69) is 20.8 Å². The van der Waals surface area contributed by atoms with Crippen molar-refractivity contribution in [3.63, 3.8) is 0 Å². The maximum absolute atomic E-state index is 12.0. The van der Waals surface area contributed by atoms with Crippen molar-refractivity contribution >= 4 is 11.9 Å². The molecular formula is C32H62O5. The summed E-state index contributed by atoms with van der Waals surface area (Å²) in [7, 11) is 0. The van der Waals surface area contributed by atoms with Crippen molar-refractivity contribution in [1.29, 1.82) is 0 Å². The number of esters is 2. The highest BCUT2D eigenvalue weighted by atomic mass is 16.6. The van der Waals surface area contributed by atoms with E-state index in [4.69, 9.17) is 9.47 Å². The van der Waals surface area contributed by atoms with Gasteiger partial charge in [0, 0.05) is 12.8 Å². The van der Waals surface area contributed by atoms with Crippen LogP contribution in [0.2, 0.25) is 0 Å². The first-order chi connectivity index (χ1) is 18.0. The van der Waals surface area contributed by atoms with Crippen LogP contribution in [0.4, 0.5) is 0 Å². The quantitative estimate of drug-likeness (QED) is 0.0813. The Morgan fingerprint density at radius 3 is 1.51 bits per heavy atom. The molecule has 0 aromatic rings. The third kappa shape index (κ3) is 26.3. The molecule has 0 aliphatic carbocycles. The summed E-state index contributed by atoms with van der Waals surface area (Å²) >= 11 is 0. The molecule has 220 valence electrons. The van der Waals surface area contributed by atoms with E-state index in [0.29, 0.717) is 12.8 Å². The van der Waals surface area contributed by atoms with Crippen LogP contribution in [0.3, 0.4) is 0 Å². The van der Waals surface area contributed by atoms with Gasteiger partial charge in [0.2, 0.25) is 0 Å². The summed E-state index contributed by atoms with van der Waals surface area (Å²) in [6.07, 6.45) is 25.8. The molecule has 1 N–H and O–H groups in total. The van der Waals surface area contributed by atoms with Crippen LogP contribution in [0.25, 0.3) is 0 Å². The summed E-state index contributed by atoms with van der Waals surface area (Å²) in [6, 6.07) is 0. The van der Waals surface area contributed by atoms with Crippen molar-refractivity contribution in [2.75, 3.05) is 13.2 Å². The summed E-state index contributed by atoms with van der Waals surface area (Å²) in [5.74, 6) is 0.292. The zero-order valence-electron chi connectivity index (χ0n) is 24.9. The van der Waals surface area contributed by atoms with Crippen LogP contribution in [0.5, 0.6) is 0 Å². The van der Waals surface area contributed by atoms with Crippen molar-refractivity contribution < 1.29 is 24.2 Å². The highest BCUT2D eigenvalue weighted by molar-refractivity contribution is 5.70. The summed E-state index contributed by atoms with van der Waals surface area (Å²) < 4.78 is 10.5.